The number of carbonyl (C=O) groups excluding carboxylic acids is 2. The van der Waals surface area contributed by atoms with Crippen LogP contribution in [0.5, 0.6) is 0 Å². The number of halogens is 1. The minimum absolute atomic E-state index is 0. The Balaban J connectivity index is 0.00000324. The van der Waals surface area contributed by atoms with Crippen LogP contribution in [0, 0.1) is 0 Å². The van der Waals surface area contributed by atoms with E-state index in [1.807, 2.05) is 20.8 Å². The van der Waals surface area contributed by atoms with Crippen molar-refractivity contribution in [2.45, 2.75) is 64.0 Å². The normalized spacial score (nSPS) is 18.1. The summed E-state index contributed by atoms with van der Waals surface area (Å²) in [5, 5.41) is 5.43. The van der Waals surface area contributed by atoms with E-state index in [0.717, 1.165) is 19.3 Å². The first kappa shape index (κ1) is 18.2. The largest absolute Gasteiger partial charge is 0.350 e. The van der Waals surface area contributed by atoms with Crippen LogP contribution < -0.4 is 16.4 Å². The van der Waals surface area contributed by atoms with Crippen molar-refractivity contribution in [2.75, 3.05) is 6.54 Å². The molecule has 112 valence electrons. The van der Waals surface area contributed by atoms with Crippen molar-refractivity contribution in [3.8, 4) is 0 Å². The third-order valence-electron chi connectivity index (χ3n) is 3.12. The molecule has 1 fully saturated rings. The fraction of sp³-hybridized carbons (Fsp3) is 0.846. The van der Waals surface area contributed by atoms with Gasteiger partial charge < -0.3 is 16.4 Å². The van der Waals surface area contributed by atoms with E-state index in [1.165, 1.54) is 0 Å². The average Bonchev–Trinajstić information content (AvgIpc) is 2.24. The molecule has 0 unspecified atom stereocenters. The van der Waals surface area contributed by atoms with Crippen LogP contribution in [0.1, 0.15) is 52.9 Å². The molecule has 0 aliphatic heterocycles. The highest BCUT2D eigenvalue weighted by atomic mass is 35.5. The molecule has 0 heterocycles. The number of nitrogens with one attached hydrogen (secondary N) is 2. The van der Waals surface area contributed by atoms with Gasteiger partial charge in [0.2, 0.25) is 11.8 Å². The molecule has 0 aromatic carbocycles. The van der Waals surface area contributed by atoms with Crippen LogP contribution in [-0.4, -0.2) is 29.4 Å². The van der Waals surface area contributed by atoms with Crippen LogP contribution in [0.2, 0.25) is 0 Å². The summed E-state index contributed by atoms with van der Waals surface area (Å²) in [5.41, 5.74) is 5.01. The van der Waals surface area contributed by atoms with Crippen molar-refractivity contribution in [1.29, 1.82) is 0 Å². The molecule has 0 bridgehead atoms. The summed E-state index contributed by atoms with van der Waals surface area (Å²) >= 11 is 0. The number of hydrogen-bond acceptors (Lipinski definition) is 3. The van der Waals surface area contributed by atoms with Gasteiger partial charge in [-0.25, -0.2) is 0 Å². The second-order valence-electron chi connectivity index (χ2n) is 6.20. The topological polar surface area (TPSA) is 84.2 Å². The maximum Gasteiger partial charge on any atom is 0.240 e. The van der Waals surface area contributed by atoms with Gasteiger partial charge in [-0.15, -0.1) is 12.4 Å². The van der Waals surface area contributed by atoms with Crippen LogP contribution >= 0.6 is 12.4 Å². The van der Waals surface area contributed by atoms with Gasteiger partial charge in [-0.2, -0.15) is 0 Å². The zero-order valence-corrected chi connectivity index (χ0v) is 12.9. The average molecular weight is 292 g/mol. The van der Waals surface area contributed by atoms with Gasteiger partial charge in [-0.05, 0) is 33.6 Å². The Labute approximate surface area is 121 Å². The van der Waals surface area contributed by atoms with Crippen molar-refractivity contribution in [3.63, 3.8) is 0 Å². The van der Waals surface area contributed by atoms with E-state index < -0.39 is 5.54 Å². The number of carbonyl (C=O) groups is 2. The molecule has 1 saturated carbocycles. The van der Waals surface area contributed by atoms with Gasteiger partial charge in [0.25, 0.3) is 0 Å². The first-order chi connectivity index (χ1) is 8.23. The quantitative estimate of drug-likeness (QED) is 0.728. The minimum Gasteiger partial charge on any atom is -0.350 e. The van der Waals surface area contributed by atoms with Crippen LogP contribution in [0.4, 0.5) is 0 Å². The van der Waals surface area contributed by atoms with Gasteiger partial charge >= 0.3 is 0 Å². The molecule has 5 nitrogen and oxygen atoms in total. The predicted octanol–water partition coefficient (Wildman–Crippen LogP) is 1.10. The lowest BCUT2D eigenvalue weighted by molar-refractivity contribution is -0.130. The Bertz CT molecular complexity index is 320. The summed E-state index contributed by atoms with van der Waals surface area (Å²) in [4.78, 5) is 23.6. The summed E-state index contributed by atoms with van der Waals surface area (Å²) in [5.74, 6) is -0.387. The molecule has 1 aliphatic rings. The zero-order chi connectivity index (χ0) is 13.8. The number of hydrogen-bond donors (Lipinski definition) is 3. The number of rotatable bonds is 3. The van der Waals surface area contributed by atoms with Crippen molar-refractivity contribution >= 4 is 24.2 Å². The van der Waals surface area contributed by atoms with Gasteiger partial charge in [0.05, 0.1) is 12.1 Å². The van der Waals surface area contributed by atoms with Crippen molar-refractivity contribution in [2.24, 2.45) is 5.73 Å². The molecule has 0 atom stereocenters. The zero-order valence-electron chi connectivity index (χ0n) is 12.0. The number of amides is 2. The standard InChI is InChI=1S/C13H25N3O2.ClH/c1-12(2,3)16-10(17)9-15-11(18)13(14)7-5-4-6-8-13;/h4-9,14H2,1-3H3,(H,15,18)(H,16,17);1H. The van der Waals surface area contributed by atoms with Gasteiger partial charge in [-0.1, -0.05) is 19.3 Å². The highest BCUT2D eigenvalue weighted by Gasteiger charge is 2.35. The first-order valence-electron chi connectivity index (χ1n) is 6.61. The third-order valence-corrected chi connectivity index (χ3v) is 3.12. The molecule has 6 heteroatoms. The van der Waals surface area contributed by atoms with Crippen LogP contribution in [-0.2, 0) is 9.59 Å². The van der Waals surface area contributed by atoms with E-state index in [4.69, 9.17) is 5.73 Å². The second kappa shape index (κ2) is 7.10. The smallest absolute Gasteiger partial charge is 0.240 e. The molecule has 0 aromatic rings. The molecular weight excluding hydrogens is 266 g/mol. The van der Waals surface area contributed by atoms with E-state index in [2.05, 4.69) is 10.6 Å². The molecule has 19 heavy (non-hydrogen) atoms. The fourth-order valence-electron chi connectivity index (χ4n) is 2.21. The Morgan fingerprint density at radius 3 is 2.16 bits per heavy atom. The molecule has 2 amide bonds. The fourth-order valence-corrected chi connectivity index (χ4v) is 2.21. The van der Waals surface area contributed by atoms with Gasteiger partial charge in [-0.3, -0.25) is 9.59 Å². The van der Waals surface area contributed by atoms with E-state index in [0.29, 0.717) is 12.8 Å². The molecule has 0 saturated heterocycles. The summed E-state index contributed by atoms with van der Waals surface area (Å²) in [6.45, 7) is 5.70. The molecule has 0 aromatic heterocycles. The van der Waals surface area contributed by atoms with Crippen LogP contribution in [0.25, 0.3) is 0 Å². The monoisotopic (exact) mass is 291 g/mol. The van der Waals surface area contributed by atoms with Gasteiger partial charge in [0, 0.05) is 5.54 Å². The van der Waals surface area contributed by atoms with E-state index in [-0.39, 0.29) is 36.3 Å². The lowest BCUT2D eigenvalue weighted by Crippen LogP contribution is -2.57. The highest BCUT2D eigenvalue weighted by molar-refractivity contribution is 5.90. The molecule has 0 spiro atoms. The molecule has 1 rings (SSSR count). The summed E-state index contributed by atoms with van der Waals surface area (Å²) < 4.78 is 0. The summed E-state index contributed by atoms with van der Waals surface area (Å²) in [6.07, 6.45) is 4.52. The first-order valence-corrected chi connectivity index (χ1v) is 6.61. The summed E-state index contributed by atoms with van der Waals surface area (Å²) in [6, 6.07) is 0. The Morgan fingerprint density at radius 2 is 1.68 bits per heavy atom. The van der Waals surface area contributed by atoms with Crippen LogP contribution in [0.15, 0.2) is 0 Å². The van der Waals surface area contributed by atoms with E-state index in [9.17, 15) is 9.59 Å². The molecule has 0 radical (unpaired) electrons. The molecular formula is C13H26ClN3O2. The maximum absolute atomic E-state index is 12.0. The van der Waals surface area contributed by atoms with Crippen LogP contribution in [0.3, 0.4) is 0 Å². The lowest BCUT2D eigenvalue weighted by Gasteiger charge is -2.31. The molecule has 4 N–H and O–H groups in total. The van der Waals surface area contributed by atoms with Crippen molar-refractivity contribution < 1.29 is 9.59 Å². The Hall–Kier alpha value is -0.810. The highest BCUT2D eigenvalue weighted by Crippen LogP contribution is 2.25. The summed E-state index contributed by atoms with van der Waals surface area (Å²) in [7, 11) is 0. The molecule has 1 aliphatic carbocycles. The second-order valence-corrected chi connectivity index (χ2v) is 6.20. The minimum atomic E-state index is -0.778. The van der Waals surface area contributed by atoms with E-state index in [1.54, 1.807) is 0 Å². The number of nitrogens with two attached hydrogens (primary N) is 1. The SMILES string of the molecule is CC(C)(C)NC(=O)CNC(=O)C1(N)CCCCC1.Cl. The van der Waals surface area contributed by atoms with E-state index >= 15 is 0 Å². The Kier molecular flexibility index (Phi) is 6.80. The van der Waals surface area contributed by atoms with Crippen molar-refractivity contribution in [1.82, 2.24) is 10.6 Å². The Morgan fingerprint density at radius 1 is 1.16 bits per heavy atom. The maximum atomic E-state index is 12.0. The third kappa shape index (κ3) is 6.25. The lowest BCUT2D eigenvalue weighted by atomic mass is 9.82. The predicted molar refractivity (Wildman–Crippen MR) is 78.2 cm³/mol. The van der Waals surface area contributed by atoms with Gasteiger partial charge in [0.1, 0.15) is 0 Å². The van der Waals surface area contributed by atoms with Crippen molar-refractivity contribution in [3.05, 3.63) is 0 Å². The van der Waals surface area contributed by atoms with Gasteiger partial charge in [0.15, 0.2) is 0 Å².